The molecule has 7 heteroatoms. The number of primary amides is 1. The van der Waals surface area contributed by atoms with Crippen LogP contribution >= 0.6 is 15.9 Å². The van der Waals surface area contributed by atoms with Gasteiger partial charge in [0.25, 0.3) is 0 Å². The minimum atomic E-state index is -0.666. The topological polar surface area (TPSA) is 72.6 Å². The third kappa shape index (κ3) is 4.70. The lowest BCUT2D eigenvalue weighted by molar-refractivity contribution is 0.0999. The molecule has 0 unspecified atom stereocenters. The molecule has 3 rings (SSSR count). The van der Waals surface area contributed by atoms with Gasteiger partial charge in [-0.15, -0.1) is 0 Å². The van der Waals surface area contributed by atoms with E-state index in [0.717, 1.165) is 54.9 Å². The Morgan fingerprint density at radius 3 is 2.68 bits per heavy atom. The SMILES string of the molecule is NC(=O)c1ccc(OCCC2CCN(c3cccc(Br)c3C=O)CC2)c(F)c1. The molecule has 0 atom stereocenters. The third-order valence-electron chi connectivity index (χ3n) is 5.10. The number of anilines is 1. The fourth-order valence-electron chi connectivity index (χ4n) is 3.49. The van der Waals surface area contributed by atoms with Crippen LogP contribution in [0.25, 0.3) is 0 Å². The first-order valence-electron chi connectivity index (χ1n) is 9.20. The maximum atomic E-state index is 13.9. The molecule has 0 radical (unpaired) electrons. The predicted molar refractivity (Wildman–Crippen MR) is 109 cm³/mol. The molecule has 2 aromatic carbocycles. The molecular weight excluding hydrogens is 427 g/mol. The highest BCUT2D eigenvalue weighted by molar-refractivity contribution is 9.10. The highest BCUT2D eigenvalue weighted by Gasteiger charge is 2.22. The highest BCUT2D eigenvalue weighted by Crippen LogP contribution is 2.31. The number of halogens is 2. The molecule has 2 N–H and O–H groups in total. The van der Waals surface area contributed by atoms with Crippen molar-refractivity contribution in [2.75, 3.05) is 24.6 Å². The number of hydrogen-bond donors (Lipinski definition) is 1. The standard InChI is InChI=1S/C21H22BrFN2O3/c22-17-2-1-3-19(16(17)13-26)25-9-6-14(7-10-25)8-11-28-20-5-4-15(21(24)27)12-18(20)23/h1-5,12-14H,6-11H2,(H2,24,27). The van der Waals surface area contributed by atoms with Crippen LogP contribution in [0.1, 0.15) is 40.0 Å². The van der Waals surface area contributed by atoms with Crippen molar-refractivity contribution in [3.05, 3.63) is 57.8 Å². The van der Waals surface area contributed by atoms with Gasteiger partial charge < -0.3 is 15.4 Å². The summed E-state index contributed by atoms with van der Waals surface area (Å²) in [5.74, 6) is -0.634. The van der Waals surface area contributed by atoms with Gasteiger partial charge in [-0.2, -0.15) is 0 Å². The number of ether oxygens (including phenoxy) is 1. The number of amides is 1. The summed E-state index contributed by atoms with van der Waals surface area (Å²) in [4.78, 5) is 24.7. The molecule has 1 fully saturated rings. The summed E-state index contributed by atoms with van der Waals surface area (Å²) in [6, 6.07) is 9.76. The largest absolute Gasteiger partial charge is 0.491 e. The zero-order valence-corrected chi connectivity index (χ0v) is 17.0. The fraction of sp³-hybridized carbons (Fsp3) is 0.333. The Morgan fingerprint density at radius 1 is 1.29 bits per heavy atom. The molecule has 148 valence electrons. The molecule has 1 aliphatic rings. The average molecular weight is 449 g/mol. The Balaban J connectivity index is 1.50. The molecular formula is C21H22BrFN2O3. The first-order chi connectivity index (χ1) is 13.5. The van der Waals surface area contributed by atoms with E-state index in [-0.39, 0.29) is 11.3 Å². The van der Waals surface area contributed by atoms with E-state index in [9.17, 15) is 14.0 Å². The van der Waals surface area contributed by atoms with Crippen molar-refractivity contribution >= 4 is 33.8 Å². The third-order valence-corrected chi connectivity index (χ3v) is 5.79. The van der Waals surface area contributed by atoms with Crippen LogP contribution in [0.5, 0.6) is 5.75 Å². The number of rotatable bonds is 7. The Kier molecular flexibility index (Phi) is 6.67. The summed E-state index contributed by atoms with van der Waals surface area (Å²) >= 11 is 3.43. The van der Waals surface area contributed by atoms with E-state index < -0.39 is 11.7 Å². The van der Waals surface area contributed by atoms with Crippen LogP contribution in [0.15, 0.2) is 40.9 Å². The van der Waals surface area contributed by atoms with Gasteiger partial charge in [0, 0.05) is 28.8 Å². The molecule has 5 nitrogen and oxygen atoms in total. The van der Waals surface area contributed by atoms with E-state index in [2.05, 4.69) is 20.8 Å². The van der Waals surface area contributed by atoms with Gasteiger partial charge >= 0.3 is 0 Å². The van der Waals surface area contributed by atoms with Gasteiger partial charge in [0.05, 0.1) is 12.2 Å². The fourth-order valence-corrected chi connectivity index (χ4v) is 3.94. The minimum absolute atomic E-state index is 0.125. The molecule has 1 amide bonds. The number of aldehydes is 1. The van der Waals surface area contributed by atoms with Crippen LogP contribution in [0.3, 0.4) is 0 Å². The highest BCUT2D eigenvalue weighted by atomic mass is 79.9. The number of nitrogens with two attached hydrogens (primary N) is 1. The number of carbonyl (C=O) groups excluding carboxylic acids is 2. The van der Waals surface area contributed by atoms with Crippen molar-refractivity contribution in [2.45, 2.75) is 19.3 Å². The second-order valence-electron chi connectivity index (χ2n) is 6.87. The normalized spacial score (nSPS) is 14.7. The lowest BCUT2D eigenvalue weighted by Gasteiger charge is -2.34. The lowest BCUT2D eigenvalue weighted by atomic mass is 9.93. The monoisotopic (exact) mass is 448 g/mol. The van der Waals surface area contributed by atoms with E-state index in [4.69, 9.17) is 10.5 Å². The van der Waals surface area contributed by atoms with Crippen molar-refractivity contribution < 1.29 is 18.7 Å². The molecule has 0 spiro atoms. The number of hydrogen-bond acceptors (Lipinski definition) is 4. The summed E-state index contributed by atoms with van der Waals surface area (Å²) in [6.45, 7) is 2.14. The van der Waals surface area contributed by atoms with Crippen molar-refractivity contribution in [1.29, 1.82) is 0 Å². The van der Waals surface area contributed by atoms with Crippen molar-refractivity contribution in [3.8, 4) is 5.75 Å². The molecule has 0 bridgehead atoms. The van der Waals surface area contributed by atoms with Crippen LogP contribution in [-0.4, -0.2) is 31.9 Å². The van der Waals surface area contributed by atoms with E-state index in [1.165, 1.54) is 12.1 Å². The average Bonchev–Trinajstić information content (AvgIpc) is 2.69. The first kappa shape index (κ1) is 20.3. The van der Waals surface area contributed by atoms with E-state index in [1.54, 1.807) is 0 Å². The van der Waals surface area contributed by atoms with Crippen molar-refractivity contribution in [1.82, 2.24) is 0 Å². The van der Waals surface area contributed by atoms with Crippen LogP contribution < -0.4 is 15.4 Å². The van der Waals surface area contributed by atoms with Gasteiger partial charge in [-0.1, -0.05) is 6.07 Å². The van der Waals surface area contributed by atoms with Crippen LogP contribution in [0, 0.1) is 11.7 Å². The lowest BCUT2D eigenvalue weighted by Crippen LogP contribution is -2.34. The van der Waals surface area contributed by atoms with Crippen LogP contribution in [-0.2, 0) is 0 Å². The second kappa shape index (κ2) is 9.19. The van der Waals surface area contributed by atoms with Gasteiger partial charge in [-0.05, 0) is 71.4 Å². The Hall–Kier alpha value is -2.41. The Labute approximate surface area is 171 Å². The summed E-state index contributed by atoms with van der Waals surface area (Å²) < 4.78 is 20.3. The van der Waals surface area contributed by atoms with Crippen LogP contribution in [0.2, 0.25) is 0 Å². The number of benzene rings is 2. The molecule has 0 saturated carbocycles. The van der Waals surface area contributed by atoms with Crippen molar-refractivity contribution in [3.63, 3.8) is 0 Å². The molecule has 2 aromatic rings. The van der Waals surface area contributed by atoms with Gasteiger partial charge in [0.1, 0.15) is 0 Å². The Bertz CT molecular complexity index is 867. The molecule has 0 aliphatic carbocycles. The van der Waals surface area contributed by atoms with E-state index >= 15 is 0 Å². The first-order valence-corrected chi connectivity index (χ1v) is 9.99. The van der Waals surface area contributed by atoms with Gasteiger partial charge in [-0.25, -0.2) is 4.39 Å². The zero-order valence-electron chi connectivity index (χ0n) is 15.4. The minimum Gasteiger partial charge on any atom is -0.491 e. The van der Waals surface area contributed by atoms with E-state index in [0.29, 0.717) is 18.1 Å². The van der Waals surface area contributed by atoms with Crippen LogP contribution in [0.4, 0.5) is 10.1 Å². The number of carbonyl (C=O) groups is 2. The molecule has 28 heavy (non-hydrogen) atoms. The second-order valence-corrected chi connectivity index (χ2v) is 7.72. The smallest absolute Gasteiger partial charge is 0.248 e. The molecule has 1 aliphatic heterocycles. The number of nitrogens with zero attached hydrogens (tertiary/aromatic N) is 1. The predicted octanol–water partition coefficient (Wildman–Crippen LogP) is 4.19. The molecule has 1 saturated heterocycles. The molecule has 0 aromatic heterocycles. The summed E-state index contributed by atoms with van der Waals surface area (Å²) in [7, 11) is 0. The van der Waals surface area contributed by atoms with Crippen molar-refractivity contribution in [2.24, 2.45) is 11.7 Å². The zero-order chi connectivity index (χ0) is 20.1. The summed E-state index contributed by atoms with van der Waals surface area (Å²) in [6.07, 6.45) is 3.68. The number of piperidine rings is 1. The van der Waals surface area contributed by atoms with Gasteiger partial charge in [0.15, 0.2) is 17.9 Å². The van der Waals surface area contributed by atoms with Gasteiger partial charge in [-0.3, -0.25) is 9.59 Å². The Morgan fingerprint density at radius 2 is 2.04 bits per heavy atom. The van der Waals surface area contributed by atoms with E-state index in [1.807, 2.05) is 18.2 Å². The summed E-state index contributed by atoms with van der Waals surface area (Å²) in [5.41, 5.74) is 6.90. The van der Waals surface area contributed by atoms with Gasteiger partial charge in [0.2, 0.25) is 5.91 Å². The maximum absolute atomic E-state index is 13.9. The molecule has 1 heterocycles. The quantitative estimate of drug-likeness (QED) is 0.644. The maximum Gasteiger partial charge on any atom is 0.248 e. The summed E-state index contributed by atoms with van der Waals surface area (Å²) in [5, 5.41) is 0.